The molecule has 0 N–H and O–H groups in total. The Morgan fingerprint density at radius 1 is 1.05 bits per heavy atom. The molecule has 5 heteroatoms. The van der Waals surface area contributed by atoms with Gasteiger partial charge in [-0.2, -0.15) is 0 Å². The van der Waals surface area contributed by atoms with Gasteiger partial charge in [-0.25, -0.2) is 0 Å². The van der Waals surface area contributed by atoms with Gasteiger partial charge in [-0.15, -0.1) is 10.2 Å². The van der Waals surface area contributed by atoms with Crippen molar-refractivity contribution < 1.29 is 4.79 Å². The second-order valence-corrected chi connectivity index (χ2v) is 5.10. The Balaban J connectivity index is 1.78. The SMILES string of the molecule is CN(C)c1ccc(C(=O)N2Cc3ccccc3C2)nn1. The van der Waals surface area contributed by atoms with Gasteiger partial charge in [-0.1, -0.05) is 24.3 Å². The Kier molecular flexibility index (Phi) is 3.10. The third-order valence-corrected chi connectivity index (χ3v) is 3.46. The van der Waals surface area contributed by atoms with Crippen molar-refractivity contribution in [3.63, 3.8) is 0 Å². The summed E-state index contributed by atoms with van der Waals surface area (Å²) in [4.78, 5) is 16.1. The second-order valence-electron chi connectivity index (χ2n) is 5.10. The molecular weight excluding hydrogens is 252 g/mol. The molecule has 0 fully saturated rings. The van der Waals surface area contributed by atoms with Gasteiger partial charge in [0, 0.05) is 27.2 Å². The molecule has 0 saturated heterocycles. The number of benzene rings is 1. The van der Waals surface area contributed by atoms with Crippen molar-refractivity contribution in [3.8, 4) is 0 Å². The molecule has 0 unspecified atom stereocenters. The van der Waals surface area contributed by atoms with Gasteiger partial charge in [-0.05, 0) is 23.3 Å². The van der Waals surface area contributed by atoms with Crippen LogP contribution in [0.25, 0.3) is 0 Å². The summed E-state index contributed by atoms with van der Waals surface area (Å²) in [5.74, 6) is 0.672. The highest BCUT2D eigenvalue weighted by atomic mass is 16.2. The van der Waals surface area contributed by atoms with Gasteiger partial charge >= 0.3 is 0 Å². The van der Waals surface area contributed by atoms with E-state index >= 15 is 0 Å². The number of fused-ring (bicyclic) bond motifs is 1. The standard InChI is InChI=1S/C15H16N4O/c1-18(2)14-8-7-13(16-17-14)15(20)19-9-11-5-3-4-6-12(11)10-19/h3-8H,9-10H2,1-2H3. The van der Waals surface area contributed by atoms with Crippen LogP contribution in [-0.2, 0) is 13.1 Å². The van der Waals surface area contributed by atoms with Gasteiger partial charge in [0.2, 0.25) is 0 Å². The predicted octanol–water partition coefficient (Wildman–Crippen LogP) is 1.70. The van der Waals surface area contributed by atoms with Crippen LogP contribution in [-0.4, -0.2) is 35.1 Å². The van der Waals surface area contributed by atoms with Crippen LogP contribution in [0.3, 0.4) is 0 Å². The summed E-state index contributed by atoms with van der Waals surface area (Å²) in [5.41, 5.74) is 2.81. The summed E-state index contributed by atoms with van der Waals surface area (Å²) >= 11 is 0. The maximum absolute atomic E-state index is 12.4. The molecular formula is C15H16N4O. The van der Waals surface area contributed by atoms with E-state index in [1.54, 1.807) is 11.0 Å². The van der Waals surface area contributed by atoms with E-state index in [0.717, 1.165) is 5.82 Å². The maximum atomic E-state index is 12.4. The number of carbonyl (C=O) groups excluding carboxylic acids is 1. The van der Waals surface area contributed by atoms with Crippen molar-refractivity contribution in [3.05, 3.63) is 53.2 Å². The molecule has 5 nitrogen and oxygen atoms in total. The Morgan fingerprint density at radius 3 is 2.20 bits per heavy atom. The molecule has 0 atom stereocenters. The Labute approximate surface area is 117 Å². The lowest BCUT2D eigenvalue weighted by Crippen LogP contribution is -2.26. The number of rotatable bonds is 2. The molecule has 1 aromatic heterocycles. The number of carbonyl (C=O) groups is 1. The maximum Gasteiger partial charge on any atom is 0.274 e. The van der Waals surface area contributed by atoms with Crippen LogP contribution in [0.15, 0.2) is 36.4 Å². The first kappa shape index (κ1) is 12.6. The van der Waals surface area contributed by atoms with E-state index in [-0.39, 0.29) is 5.91 Å². The van der Waals surface area contributed by atoms with E-state index in [1.807, 2.05) is 37.2 Å². The van der Waals surface area contributed by atoms with Gasteiger partial charge in [0.1, 0.15) is 0 Å². The highest BCUT2D eigenvalue weighted by Gasteiger charge is 2.24. The third kappa shape index (κ3) is 2.22. The molecule has 2 aromatic rings. The van der Waals surface area contributed by atoms with Crippen molar-refractivity contribution in [1.82, 2.24) is 15.1 Å². The lowest BCUT2D eigenvalue weighted by Gasteiger charge is -2.15. The molecule has 20 heavy (non-hydrogen) atoms. The lowest BCUT2D eigenvalue weighted by atomic mass is 10.1. The number of nitrogens with zero attached hydrogens (tertiary/aromatic N) is 4. The number of hydrogen-bond acceptors (Lipinski definition) is 4. The molecule has 1 aliphatic rings. The van der Waals surface area contributed by atoms with Crippen LogP contribution in [0.4, 0.5) is 5.82 Å². The van der Waals surface area contributed by atoms with Crippen LogP contribution in [0.2, 0.25) is 0 Å². The predicted molar refractivity (Wildman–Crippen MR) is 76.4 cm³/mol. The van der Waals surface area contributed by atoms with Crippen LogP contribution in [0.1, 0.15) is 21.6 Å². The number of aromatic nitrogens is 2. The first-order valence-corrected chi connectivity index (χ1v) is 6.52. The Hall–Kier alpha value is -2.43. The average molecular weight is 268 g/mol. The minimum atomic E-state index is -0.0704. The van der Waals surface area contributed by atoms with Crippen LogP contribution < -0.4 is 4.90 Å². The van der Waals surface area contributed by atoms with Crippen molar-refractivity contribution in [2.75, 3.05) is 19.0 Å². The highest BCUT2D eigenvalue weighted by molar-refractivity contribution is 5.92. The van der Waals surface area contributed by atoms with Gasteiger partial charge in [0.15, 0.2) is 11.5 Å². The van der Waals surface area contributed by atoms with Crippen molar-refractivity contribution in [2.24, 2.45) is 0 Å². The largest absolute Gasteiger partial charge is 0.361 e. The molecule has 0 radical (unpaired) electrons. The van der Waals surface area contributed by atoms with Gasteiger partial charge in [0.25, 0.3) is 5.91 Å². The van der Waals surface area contributed by atoms with Crippen LogP contribution in [0, 0.1) is 0 Å². The van der Waals surface area contributed by atoms with Gasteiger partial charge < -0.3 is 9.80 Å². The molecule has 0 aliphatic carbocycles. The summed E-state index contributed by atoms with van der Waals surface area (Å²) in [6.45, 7) is 1.29. The minimum Gasteiger partial charge on any atom is -0.361 e. The van der Waals surface area contributed by atoms with E-state index in [4.69, 9.17) is 0 Å². The van der Waals surface area contributed by atoms with E-state index in [2.05, 4.69) is 22.3 Å². The summed E-state index contributed by atoms with van der Waals surface area (Å²) in [6, 6.07) is 11.7. The van der Waals surface area contributed by atoms with Crippen LogP contribution >= 0.6 is 0 Å². The fraction of sp³-hybridized carbons (Fsp3) is 0.267. The van der Waals surface area contributed by atoms with Crippen LogP contribution in [0.5, 0.6) is 0 Å². The lowest BCUT2D eigenvalue weighted by molar-refractivity contribution is 0.0744. The van der Waals surface area contributed by atoms with E-state index < -0.39 is 0 Å². The summed E-state index contributed by atoms with van der Waals surface area (Å²) in [7, 11) is 3.78. The van der Waals surface area contributed by atoms with Crippen molar-refractivity contribution in [1.29, 1.82) is 0 Å². The Bertz CT molecular complexity index is 612. The topological polar surface area (TPSA) is 49.3 Å². The summed E-state index contributed by atoms with van der Waals surface area (Å²) in [5, 5.41) is 8.07. The normalized spacial score (nSPS) is 13.2. The summed E-state index contributed by atoms with van der Waals surface area (Å²) < 4.78 is 0. The van der Waals surface area contributed by atoms with Gasteiger partial charge in [-0.3, -0.25) is 4.79 Å². The smallest absolute Gasteiger partial charge is 0.274 e. The fourth-order valence-electron chi connectivity index (χ4n) is 2.32. The highest BCUT2D eigenvalue weighted by Crippen LogP contribution is 2.23. The second kappa shape index (κ2) is 4.92. The molecule has 2 heterocycles. The zero-order valence-corrected chi connectivity index (χ0v) is 11.6. The first-order chi connectivity index (χ1) is 9.65. The minimum absolute atomic E-state index is 0.0704. The molecule has 1 aromatic carbocycles. The average Bonchev–Trinajstić information content (AvgIpc) is 2.90. The van der Waals surface area contributed by atoms with E-state index in [1.165, 1.54) is 11.1 Å². The number of amides is 1. The molecule has 1 amide bonds. The zero-order chi connectivity index (χ0) is 14.1. The molecule has 0 saturated carbocycles. The quantitative estimate of drug-likeness (QED) is 0.832. The summed E-state index contributed by atoms with van der Waals surface area (Å²) in [6.07, 6.45) is 0. The molecule has 1 aliphatic heterocycles. The fourth-order valence-corrected chi connectivity index (χ4v) is 2.32. The number of anilines is 1. The molecule has 0 spiro atoms. The van der Waals surface area contributed by atoms with E-state index in [9.17, 15) is 4.79 Å². The Morgan fingerprint density at radius 2 is 1.70 bits per heavy atom. The number of hydrogen-bond donors (Lipinski definition) is 0. The van der Waals surface area contributed by atoms with Gasteiger partial charge in [0.05, 0.1) is 0 Å². The molecule has 102 valence electrons. The first-order valence-electron chi connectivity index (χ1n) is 6.52. The molecule has 0 bridgehead atoms. The third-order valence-electron chi connectivity index (χ3n) is 3.46. The monoisotopic (exact) mass is 268 g/mol. The zero-order valence-electron chi connectivity index (χ0n) is 11.6. The van der Waals surface area contributed by atoms with Crippen molar-refractivity contribution in [2.45, 2.75) is 13.1 Å². The molecule has 3 rings (SSSR count). The van der Waals surface area contributed by atoms with E-state index in [0.29, 0.717) is 18.8 Å². The van der Waals surface area contributed by atoms with Crippen molar-refractivity contribution >= 4 is 11.7 Å².